The van der Waals surface area contributed by atoms with E-state index in [4.69, 9.17) is 16.3 Å². The van der Waals surface area contributed by atoms with Crippen LogP contribution in [-0.4, -0.2) is 43.1 Å². The molecule has 0 saturated carbocycles. The smallest absolute Gasteiger partial charge is 0.329 e. The Morgan fingerprint density at radius 1 is 1.20 bits per heavy atom. The summed E-state index contributed by atoms with van der Waals surface area (Å²) in [5.41, 5.74) is 2.85. The largest absolute Gasteiger partial charge is 0.491 e. The third kappa shape index (κ3) is 5.86. The van der Waals surface area contributed by atoms with Gasteiger partial charge in [0.15, 0.2) is 11.2 Å². The lowest BCUT2D eigenvalue weighted by atomic mass is 10.2. The topological polar surface area (TPSA) is 127 Å². The highest BCUT2D eigenvalue weighted by Gasteiger charge is 2.19. The Morgan fingerprint density at radius 3 is 2.69 bits per heavy atom. The Balaban J connectivity index is 1.55. The van der Waals surface area contributed by atoms with Crippen LogP contribution >= 0.6 is 11.6 Å². The third-order valence-corrected chi connectivity index (χ3v) is 5.32. The normalized spacial score (nSPS) is 12.5. The molecule has 0 bridgehead atoms. The van der Waals surface area contributed by atoms with Gasteiger partial charge in [-0.3, -0.25) is 14.3 Å². The second-order valence-corrected chi connectivity index (χ2v) is 8.05. The van der Waals surface area contributed by atoms with Crippen molar-refractivity contribution in [3.05, 3.63) is 92.1 Å². The summed E-state index contributed by atoms with van der Waals surface area (Å²) in [6, 6.07) is 16.4. The van der Waals surface area contributed by atoms with Gasteiger partial charge in [-0.1, -0.05) is 48.0 Å². The van der Waals surface area contributed by atoms with E-state index in [9.17, 15) is 14.7 Å². The number of aliphatic hydroxyl groups is 1. The molecule has 3 N–H and O–H groups in total. The summed E-state index contributed by atoms with van der Waals surface area (Å²) in [7, 11) is 1.49. The second kappa shape index (κ2) is 10.9. The van der Waals surface area contributed by atoms with E-state index in [-0.39, 0.29) is 30.3 Å². The van der Waals surface area contributed by atoms with E-state index in [1.54, 1.807) is 30.3 Å². The first-order valence-electron chi connectivity index (χ1n) is 10.7. The summed E-state index contributed by atoms with van der Waals surface area (Å²) in [5, 5.41) is 15.3. The zero-order valence-electron chi connectivity index (χ0n) is 18.8. The average molecular weight is 495 g/mol. The number of aromatic amines is 1. The predicted molar refractivity (Wildman–Crippen MR) is 136 cm³/mol. The molecule has 0 spiro atoms. The maximum absolute atomic E-state index is 12.6. The van der Waals surface area contributed by atoms with Gasteiger partial charge < -0.3 is 14.4 Å². The molecular weight excluding hydrogens is 472 g/mol. The van der Waals surface area contributed by atoms with Gasteiger partial charge in [-0.2, -0.15) is 10.1 Å². The minimum Gasteiger partial charge on any atom is -0.491 e. The van der Waals surface area contributed by atoms with Crippen molar-refractivity contribution < 1.29 is 9.84 Å². The highest BCUT2D eigenvalue weighted by molar-refractivity contribution is 6.30. The Labute approximate surface area is 204 Å². The van der Waals surface area contributed by atoms with Crippen LogP contribution in [0.15, 0.2) is 75.4 Å². The average Bonchev–Trinajstić information content (AvgIpc) is 3.21. The van der Waals surface area contributed by atoms with Crippen molar-refractivity contribution in [2.75, 3.05) is 12.0 Å². The van der Waals surface area contributed by atoms with E-state index in [1.165, 1.54) is 22.4 Å². The molecule has 2 heterocycles. The second-order valence-electron chi connectivity index (χ2n) is 7.62. The van der Waals surface area contributed by atoms with Crippen LogP contribution in [0.1, 0.15) is 5.56 Å². The number of hydrogen-bond donors (Lipinski definition) is 3. The van der Waals surface area contributed by atoms with Crippen LogP contribution in [0.2, 0.25) is 5.02 Å². The monoisotopic (exact) mass is 494 g/mol. The molecule has 4 aromatic rings. The molecule has 10 nitrogen and oxygen atoms in total. The number of anilines is 1. The Kier molecular flexibility index (Phi) is 7.44. The fourth-order valence-corrected chi connectivity index (χ4v) is 3.47. The van der Waals surface area contributed by atoms with Crippen LogP contribution in [-0.2, 0) is 13.6 Å². The first-order valence-corrected chi connectivity index (χ1v) is 11.1. The molecule has 180 valence electrons. The highest BCUT2D eigenvalue weighted by atomic mass is 35.5. The van der Waals surface area contributed by atoms with Gasteiger partial charge in [0.1, 0.15) is 18.5 Å². The molecule has 0 saturated heterocycles. The number of aromatic nitrogens is 4. The van der Waals surface area contributed by atoms with Crippen molar-refractivity contribution in [2.45, 2.75) is 12.6 Å². The number of ether oxygens (including phenoxy) is 1. The van der Waals surface area contributed by atoms with Gasteiger partial charge in [0, 0.05) is 18.3 Å². The molecule has 0 aliphatic carbocycles. The Bertz CT molecular complexity index is 1470. The summed E-state index contributed by atoms with van der Waals surface area (Å²) >= 11 is 5.88. The summed E-state index contributed by atoms with van der Waals surface area (Å²) < 4.78 is 8.29. The fourth-order valence-electron chi connectivity index (χ4n) is 3.34. The minimum absolute atomic E-state index is 0.0386. The minimum atomic E-state index is -0.998. The molecule has 2 aromatic heterocycles. The number of hydrogen-bond acceptors (Lipinski definition) is 7. The number of benzene rings is 2. The Hall–Kier alpha value is -4.15. The lowest BCUT2D eigenvalue weighted by Gasteiger charge is -2.15. The van der Waals surface area contributed by atoms with E-state index in [0.29, 0.717) is 10.8 Å². The van der Waals surface area contributed by atoms with Gasteiger partial charge in [0.2, 0.25) is 5.95 Å². The number of nitrogens with zero attached hydrogens (tertiary/aromatic N) is 4. The van der Waals surface area contributed by atoms with Crippen molar-refractivity contribution >= 4 is 41.0 Å². The molecule has 0 aliphatic heterocycles. The zero-order chi connectivity index (χ0) is 24.8. The summed E-state index contributed by atoms with van der Waals surface area (Å²) in [6.07, 6.45) is 4.15. The van der Waals surface area contributed by atoms with Crippen molar-refractivity contribution in [3.63, 3.8) is 0 Å². The molecule has 35 heavy (non-hydrogen) atoms. The number of H-pyrrole nitrogens is 1. The lowest BCUT2D eigenvalue weighted by molar-refractivity contribution is 0.0938. The number of hydrazone groups is 1. The number of halogens is 1. The number of aliphatic hydroxyl groups excluding tert-OH is 1. The summed E-state index contributed by atoms with van der Waals surface area (Å²) in [6.45, 7) is -0.0867. The molecule has 0 unspecified atom stereocenters. The molecule has 4 rings (SSSR count). The standard InChI is InChI=1S/C24H23ClN6O4/c1-30-21-20(22(33)28-24(30)34)31(14-18(32)15-35-19-11-9-17(25)10-12-19)23(27-21)29-26-13-5-8-16-6-3-2-4-7-16/h2-13,18,32H,14-15H2,1H3,(H,27,29)(H,28,33,34)/b8-5+,26-13-/t18-/m0/s1. The van der Waals surface area contributed by atoms with E-state index in [0.717, 1.165) is 5.56 Å². The number of nitrogens with one attached hydrogen (secondary N) is 2. The highest BCUT2D eigenvalue weighted by Crippen LogP contribution is 2.18. The van der Waals surface area contributed by atoms with E-state index in [1.807, 2.05) is 36.4 Å². The maximum atomic E-state index is 12.6. The first kappa shape index (κ1) is 24.0. The van der Waals surface area contributed by atoms with Crippen LogP contribution in [0.4, 0.5) is 5.95 Å². The van der Waals surface area contributed by atoms with Crippen LogP contribution in [0.5, 0.6) is 5.75 Å². The van der Waals surface area contributed by atoms with Gasteiger partial charge in [-0.05, 0) is 35.9 Å². The van der Waals surface area contributed by atoms with Crippen molar-refractivity contribution in [2.24, 2.45) is 12.1 Å². The van der Waals surface area contributed by atoms with Crippen LogP contribution < -0.4 is 21.4 Å². The van der Waals surface area contributed by atoms with Crippen molar-refractivity contribution in [1.29, 1.82) is 0 Å². The SMILES string of the molecule is Cn1c(=O)[nH]c(=O)c2c1nc(N/N=C\C=C\c1ccccc1)n2C[C@H](O)COc1ccc(Cl)cc1. The molecule has 2 aromatic carbocycles. The van der Waals surface area contributed by atoms with Crippen molar-refractivity contribution in [3.8, 4) is 5.75 Å². The number of allylic oxidation sites excluding steroid dienone is 1. The molecule has 0 amide bonds. The van der Waals surface area contributed by atoms with Crippen LogP contribution in [0.25, 0.3) is 17.2 Å². The van der Waals surface area contributed by atoms with Gasteiger partial charge in [-0.25, -0.2) is 10.2 Å². The fraction of sp³-hybridized carbons (Fsp3) is 0.167. The third-order valence-electron chi connectivity index (χ3n) is 5.07. The lowest BCUT2D eigenvalue weighted by Crippen LogP contribution is -2.30. The molecule has 0 aliphatic rings. The van der Waals surface area contributed by atoms with E-state index in [2.05, 4.69) is 20.5 Å². The first-order chi connectivity index (χ1) is 16.9. The van der Waals surface area contributed by atoms with Gasteiger partial charge in [0.05, 0.1) is 6.54 Å². The van der Waals surface area contributed by atoms with E-state index < -0.39 is 17.4 Å². The number of aryl methyl sites for hydroxylation is 1. The van der Waals surface area contributed by atoms with Crippen LogP contribution in [0, 0.1) is 0 Å². The van der Waals surface area contributed by atoms with Gasteiger partial charge in [-0.15, -0.1) is 0 Å². The molecular formula is C24H23ClN6O4. The summed E-state index contributed by atoms with van der Waals surface area (Å²) in [4.78, 5) is 31.2. The molecule has 0 fully saturated rings. The van der Waals surface area contributed by atoms with Crippen molar-refractivity contribution in [1.82, 2.24) is 19.1 Å². The van der Waals surface area contributed by atoms with Gasteiger partial charge >= 0.3 is 5.69 Å². The van der Waals surface area contributed by atoms with Gasteiger partial charge in [0.25, 0.3) is 5.56 Å². The zero-order valence-corrected chi connectivity index (χ0v) is 19.5. The number of rotatable bonds is 9. The molecule has 1 atom stereocenters. The summed E-state index contributed by atoms with van der Waals surface area (Å²) in [5.74, 6) is 0.721. The number of imidazole rings is 1. The Morgan fingerprint density at radius 2 is 1.94 bits per heavy atom. The quantitative estimate of drug-likeness (QED) is 0.242. The van der Waals surface area contributed by atoms with E-state index >= 15 is 0 Å². The predicted octanol–water partition coefficient (Wildman–Crippen LogP) is 2.63. The maximum Gasteiger partial charge on any atom is 0.329 e. The molecule has 0 radical (unpaired) electrons. The number of fused-ring (bicyclic) bond motifs is 1. The molecule has 11 heteroatoms. The van der Waals surface area contributed by atoms with Crippen LogP contribution in [0.3, 0.4) is 0 Å².